The topological polar surface area (TPSA) is 126 Å². The van der Waals surface area contributed by atoms with Crippen molar-refractivity contribution in [1.29, 1.82) is 0 Å². The van der Waals surface area contributed by atoms with Crippen molar-refractivity contribution < 1.29 is 28.2 Å². The molecule has 0 aliphatic rings. The van der Waals surface area contributed by atoms with E-state index in [-0.39, 0.29) is 22.8 Å². The van der Waals surface area contributed by atoms with Crippen LogP contribution in [0.4, 0.5) is 5.69 Å². The molecule has 0 unspecified atom stereocenters. The molecule has 0 aliphatic carbocycles. The minimum atomic E-state index is -4.13. The van der Waals surface area contributed by atoms with Crippen molar-refractivity contribution in [1.82, 2.24) is 4.98 Å². The van der Waals surface area contributed by atoms with Crippen LogP contribution in [0.5, 0.6) is 11.5 Å². The number of thiazole rings is 1. The zero-order valence-corrected chi connectivity index (χ0v) is 16.3. The van der Waals surface area contributed by atoms with E-state index < -0.39 is 27.3 Å². The van der Waals surface area contributed by atoms with Crippen molar-refractivity contribution in [3.05, 3.63) is 64.1 Å². The minimum Gasteiger partial charge on any atom is -0.507 e. The molecule has 3 rings (SSSR count). The van der Waals surface area contributed by atoms with Gasteiger partial charge >= 0.3 is 5.97 Å². The number of carboxylic acid groups (broad SMARTS) is 1. The smallest absolute Gasteiger partial charge is 0.339 e. The largest absolute Gasteiger partial charge is 0.507 e. The molecule has 10 heteroatoms. The van der Waals surface area contributed by atoms with Crippen LogP contribution in [0.1, 0.15) is 21.6 Å². The molecule has 1 aromatic heterocycles. The summed E-state index contributed by atoms with van der Waals surface area (Å²) < 4.78 is 33.8. The summed E-state index contributed by atoms with van der Waals surface area (Å²) in [5.74, 6) is -1.63. The highest BCUT2D eigenvalue weighted by molar-refractivity contribution is 7.92. The summed E-state index contributed by atoms with van der Waals surface area (Å²) in [5.41, 5.74) is 2.28. The van der Waals surface area contributed by atoms with Crippen LogP contribution in [-0.2, 0) is 16.6 Å². The summed E-state index contributed by atoms with van der Waals surface area (Å²) in [7, 11) is -4.13. The Labute approximate surface area is 165 Å². The molecule has 0 saturated carbocycles. The van der Waals surface area contributed by atoms with Crippen molar-refractivity contribution in [3.63, 3.8) is 0 Å². The molecule has 28 heavy (non-hydrogen) atoms. The van der Waals surface area contributed by atoms with E-state index >= 15 is 0 Å². The van der Waals surface area contributed by atoms with Crippen LogP contribution in [0, 0.1) is 6.92 Å². The number of aromatic carboxylic acids is 1. The molecule has 2 aromatic carbocycles. The third-order valence-electron chi connectivity index (χ3n) is 3.80. The number of nitrogens with one attached hydrogen (secondary N) is 1. The van der Waals surface area contributed by atoms with Gasteiger partial charge in [-0.05, 0) is 36.8 Å². The number of aromatic nitrogens is 1. The summed E-state index contributed by atoms with van der Waals surface area (Å²) in [4.78, 5) is 15.1. The van der Waals surface area contributed by atoms with Gasteiger partial charge in [-0.3, -0.25) is 4.72 Å². The monoisotopic (exact) mass is 420 g/mol. The number of para-hydroxylation sites is 2. The lowest BCUT2D eigenvalue weighted by molar-refractivity contribution is 0.0693. The van der Waals surface area contributed by atoms with E-state index in [0.29, 0.717) is 11.4 Å². The minimum absolute atomic E-state index is 0.170. The standard InChI is InChI=1S/C18H16N2O6S2/c1-11-6-15(21)13(18(22)23)7-17(11)28(24,25)20-14-4-2-3-5-16(14)26-8-12-9-27-10-19-12/h2-7,9-10,20-21H,8H2,1H3,(H,22,23). The molecule has 3 N–H and O–H groups in total. The molecular formula is C18H16N2O6S2. The number of sulfonamides is 1. The van der Waals surface area contributed by atoms with Gasteiger partial charge in [-0.1, -0.05) is 12.1 Å². The first-order valence-electron chi connectivity index (χ1n) is 7.96. The SMILES string of the molecule is Cc1cc(O)c(C(=O)O)cc1S(=O)(=O)Nc1ccccc1OCc1cscn1. The maximum absolute atomic E-state index is 12.8. The lowest BCUT2D eigenvalue weighted by Gasteiger charge is -2.15. The second kappa shape index (κ2) is 7.87. The van der Waals surface area contributed by atoms with E-state index in [2.05, 4.69) is 9.71 Å². The van der Waals surface area contributed by atoms with Gasteiger partial charge in [-0.15, -0.1) is 11.3 Å². The van der Waals surface area contributed by atoms with Crippen LogP contribution < -0.4 is 9.46 Å². The molecule has 0 atom stereocenters. The Balaban J connectivity index is 1.91. The number of anilines is 1. The second-order valence-corrected chi connectivity index (χ2v) is 8.18. The zero-order chi connectivity index (χ0) is 20.3. The van der Waals surface area contributed by atoms with Gasteiger partial charge in [-0.2, -0.15) is 0 Å². The van der Waals surface area contributed by atoms with Crippen LogP contribution in [0.2, 0.25) is 0 Å². The van der Waals surface area contributed by atoms with Gasteiger partial charge in [0.15, 0.2) is 0 Å². The van der Waals surface area contributed by atoms with Gasteiger partial charge in [0, 0.05) is 5.38 Å². The zero-order valence-electron chi connectivity index (χ0n) is 14.6. The Bertz CT molecular complexity index is 1110. The lowest BCUT2D eigenvalue weighted by Crippen LogP contribution is -2.16. The van der Waals surface area contributed by atoms with Gasteiger partial charge in [0.2, 0.25) is 0 Å². The normalized spacial score (nSPS) is 11.2. The first kappa shape index (κ1) is 19.6. The van der Waals surface area contributed by atoms with E-state index in [1.54, 1.807) is 23.7 Å². The molecule has 0 radical (unpaired) electrons. The van der Waals surface area contributed by atoms with E-state index in [1.165, 1.54) is 24.3 Å². The number of aryl methyl sites for hydroxylation is 1. The maximum Gasteiger partial charge on any atom is 0.339 e. The van der Waals surface area contributed by atoms with Gasteiger partial charge < -0.3 is 14.9 Å². The Kier molecular flexibility index (Phi) is 5.52. The predicted octanol–water partition coefficient (Wildman–Crippen LogP) is 3.24. The molecule has 0 fully saturated rings. The molecule has 3 aromatic rings. The van der Waals surface area contributed by atoms with Gasteiger partial charge in [0.25, 0.3) is 10.0 Å². The van der Waals surface area contributed by atoms with Gasteiger partial charge in [0.1, 0.15) is 23.7 Å². The number of nitrogens with zero attached hydrogens (tertiary/aromatic N) is 1. The Morgan fingerprint density at radius 2 is 2.04 bits per heavy atom. The molecule has 0 bridgehead atoms. The average molecular weight is 420 g/mol. The fraction of sp³-hybridized carbons (Fsp3) is 0.111. The molecule has 1 heterocycles. The van der Waals surface area contributed by atoms with Crippen LogP contribution in [-0.4, -0.2) is 29.6 Å². The average Bonchev–Trinajstić information content (AvgIpc) is 3.13. The van der Waals surface area contributed by atoms with E-state index in [0.717, 1.165) is 12.1 Å². The number of hydrogen-bond donors (Lipinski definition) is 3. The van der Waals surface area contributed by atoms with Crippen LogP contribution >= 0.6 is 11.3 Å². The highest BCUT2D eigenvalue weighted by Gasteiger charge is 2.23. The highest BCUT2D eigenvalue weighted by atomic mass is 32.2. The summed E-state index contributed by atoms with van der Waals surface area (Å²) in [5, 5.41) is 20.7. The third kappa shape index (κ3) is 4.24. The Morgan fingerprint density at radius 3 is 2.71 bits per heavy atom. The van der Waals surface area contributed by atoms with Crippen molar-refractivity contribution in [2.45, 2.75) is 18.4 Å². The molecule has 0 aliphatic heterocycles. The first-order valence-corrected chi connectivity index (χ1v) is 10.4. The maximum atomic E-state index is 12.8. The van der Waals surface area contributed by atoms with Gasteiger partial charge in [-0.25, -0.2) is 18.2 Å². The van der Waals surface area contributed by atoms with Crippen LogP contribution in [0.3, 0.4) is 0 Å². The number of carbonyl (C=O) groups is 1. The fourth-order valence-electron chi connectivity index (χ4n) is 2.47. The number of ether oxygens (including phenoxy) is 1. The molecular weight excluding hydrogens is 404 g/mol. The molecule has 8 nitrogen and oxygen atoms in total. The second-order valence-electron chi connectivity index (χ2n) is 5.81. The fourth-order valence-corrected chi connectivity index (χ4v) is 4.34. The molecule has 146 valence electrons. The molecule has 0 saturated heterocycles. The predicted molar refractivity (Wildman–Crippen MR) is 103 cm³/mol. The molecule has 0 spiro atoms. The van der Waals surface area contributed by atoms with Crippen molar-refractivity contribution >= 4 is 33.0 Å². The van der Waals surface area contributed by atoms with E-state index in [1.807, 2.05) is 5.38 Å². The summed E-state index contributed by atoms with van der Waals surface area (Å²) in [6, 6.07) is 8.50. The van der Waals surface area contributed by atoms with Crippen molar-refractivity contribution in [2.75, 3.05) is 4.72 Å². The number of hydrogen-bond acceptors (Lipinski definition) is 7. The van der Waals surface area contributed by atoms with Crippen LogP contribution in [0.15, 0.2) is 52.2 Å². The number of carboxylic acids is 1. The summed E-state index contributed by atoms with van der Waals surface area (Å²) in [6.45, 7) is 1.63. The lowest BCUT2D eigenvalue weighted by atomic mass is 10.1. The highest BCUT2D eigenvalue weighted by Crippen LogP contribution is 2.30. The first-order chi connectivity index (χ1) is 13.3. The Morgan fingerprint density at radius 1 is 1.29 bits per heavy atom. The summed E-state index contributed by atoms with van der Waals surface area (Å²) in [6.07, 6.45) is 0. The van der Waals surface area contributed by atoms with Crippen molar-refractivity contribution in [2.24, 2.45) is 0 Å². The number of rotatable bonds is 7. The number of aromatic hydroxyl groups is 1. The number of phenols is 1. The van der Waals surface area contributed by atoms with E-state index in [4.69, 9.17) is 9.84 Å². The van der Waals surface area contributed by atoms with E-state index in [9.17, 15) is 18.3 Å². The molecule has 0 amide bonds. The van der Waals surface area contributed by atoms with Crippen LogP contribution in [0.25, 0.3) is 0 Å². The Hall–Kier alpha value is -3.11. The third-order valence-corrected chi connectivity index (χ3v) is 5.95. The van der Waals surface area contributed by atoms with Crippen molar-refractivity contribution in [3.8, 4) is 11.5 Å². The van der Waals surface area contributed by atoms with Gasteiger partial charge in [0.05, 0.1) is 21.8 Å². The summed E-state index contributed by atoms with van der Waals surface area (Å²) >= 11 is 1.42. The number of benzene rings is 2. The quantitative estimate of drug-likeness (QED) is 0.536.